The van der Waals surface area contributed by atoms with E-state index in [1.54, 1.807) is 11.6 Å². The lowest BCUT2D eigenvalue weighted by molar-refractivity contribution is -0.137. The number of halogens is 3. The Hall–Kier alpha value is -2.37. The first-order valence-corrected chi connectivity index (χ1v) is 9.22. The van der Waals surface area contributed by atoms with Crippen molar-refractivity contribution in [3.63, 3.8) is 0 Å². The second kappa shape index (κ2) is 8.11. The van der Waals surface area contributed by atoms with Crippen molar-refractivity contribution in [3.8, 4) is 0 Å². The fourth-order valence-corrected chi connectivity index (χ4v) is 3.09. The molecular formula is C15H18F3N7OS. The van der Waals surface area contributed by atoms with Gasteiger partial charge >= 0.3 is 6.18 Å². The van der Waals surface area contributed by atoms with Gasteiger partial charge in [-0.3, -0.25) is 4.79 Å². The number of tetrazole rings is 1. The van der Waals surface area contributed by atoms with Crippen molar-refractivity contribution in [1.29, 1.82) is 0 Å². The maximum Gasteiger partial charge on any atom is 0.417 e. The largest absolute Gasteiger partial charge is 0.417 e. The summed E-state index contributed by atoms with van der Waals surface area (Å²) in [6, 6.07) is 2.54. The smallest absolute Gasteiger partial charge is 0.368 e. The zero-order valence-electron chi connectivity index (χ0n) is 14.4. The molecule has 2 heterocycles. The van der Waals surface area contributed by atoms with Gasteiger partial charge in [0.05, 0.1) is 16.9 Å². The molecule has 3 rings (SSSR count). The van der Waals surface area contributed by atoms with E-state index in [9.17, 15) is 18.0 Å². The van der Waals surface area contributed by atoms with Gasteiger partial charge in [-0.15, -0.1) is 5.10 Å². The van der Waals surface area contributed by atoms with E-state index < -0.39 is 11.7 Å². The van der Waals surface area contributed by atoms with E-state index in [1.165, 1.54) is 17.8 Å². The highest BCUT2D eigenvalue weighted by Crippen LogP contribution is 2.37. The first-order valence-electron chi connectivity index (χ1n) is 8.34. The summed E-state index contributed by atoms with van der Waals surface area (Å²) in [5, 5.41) is 17.4. The van der Waals surface area contributed by atoms with Crippen LogP contribution < -0.4 is 10.6 Å². The number of hydrogen-bond donors (Lipinski definition) is 2. The number of rotatable bonds is 8. The van der Waals surface area contributed by atoms with Gasteiger partial charge in [0.25, 0.3) is 0 Å². The highest BCUT2D eigenvalue weighted by atomic mass is 32.2. The van der Waals surface area contributed by atoms with Crippen molar-refractivity contribution in [2.45, 2.75) is 42.4 Å². The second-order valence-corrected chi connectivity index (χ2v) is 7.35. The van der Waals surface area contributed by atoms with Crippen LogP contribution in [-0.4, -0.2) is 49.4 Å². The average molecular weight is 401 g/mol. The molecule has 1 aliphatic rings. The van der Waals surface area contributed by atoms with Crippen molar-refractivity contribution < 1.29 is 18.0 Å². The van der Waals surface area contributed by atoms with Crippen LogP contribution >= 0.6 is 11.8 Å². The van der Waals surface area contributed by atoms with E-state index in [2.05, 4.69) is 31.1 Å². The zero-order chi connectivity index (χ0) is 19.4. The molecule has 1 fully saturated rings. The molecule has 8 nitrogen and oxygen atoms in total. The fourth-order valence-electron chi connectivity index (χ4n) is 2.21. The lowest BCUT2D eigenvalue weighted by Crippen LogP contribution is -2.34. The van der Waals surface area contributed by atoms with Crippen molar-refractivity contribution in [2.75, 3.05) is 18.4 Å². The Labute approximate surface area is 157 Å². The van der Waals surface area contributed by atoms with E-state index in [1.807, 2.05) is 0 Å². The van der Waals surface area contributed by atoms with Crippen LogP contribution in [0, 0.1) is 0 Å². The van der Waals surface area contributed by atoms with Crippen molar-refractivity contribution in [2.24, 2.45) is 0 Å². The summed E-state index contributed by atoms with van der Waals surface area (Å²) in [5.74, 6) is 0.135. The van der Waals surface area contributed by atoms with Crippen LogP contribution in [-0.2, 0) is 11.0 Å². The maximum absolute atomic E-state index is 12.5. The Bertz CT molecular complexity index is 776. The lowest BCUT2D eigenvalue weighted by Gasteiger charge is -2.12. The van der Waals surface area contributed by atoms with Crippen LogP contribution in [0.2, 0.25) is 0 Å². The monoisotopic (exact) mass is 401 g/mol. The minimum absolute atomic E-state index is 0.174. The van der Waals surface area contributed by atoms with Crippen LogP contribution in [0.1, 0.15) is 31.4 Å². The molecule has 1 amide bonds. The van der Waals surface area contributed by atoms with E-state index in [-0.39, 0.29) is 11.2 Å². The third-order valence-electron chi connectivity index (χ3n) is 3.83. The molecule has 1 unspecified atom stereocenters. The molecule has 1 aliphatic carbocycles. The van der Waals surface area contributed by atoms with E-state index >= 15 is 0 Å². The van der Waals surface area contributed by atoms with Crippen molar-refractivity contribution in [3.05, 3.63) is 23.9 Å². The molecule has 2 aromatic rings. The number of anilines is 1. The summed E-state index contributed by atoms with van der Waals surface area (Å²) in [7, 11) is 0. The standard InChI is InChI=1S/C15H18F3N7OS/c1-9(27-14-22-23-24-25(14)11-3-4-11)13(26)20-7-6-19-12-5-2-10(8-21-12)15(16,17)18/h2,5,8-9,11H,3-4,6-7H2,1H3,(H,19,21)(H,20,26). The predicted molar refractivity (Wildman–Crippen MR) is 92.1 cm³/mol. The Balaban J connectivity index is 1.39. The lowest BCUT2D eigenvalue weighted by atomic mass is 10.3. The summed E-state index contributed by atoms with van der Waals surface area (Å²) in [5.41, 5.74) is -0.805. The molecule has 146 valence electrons. The highest BCUT2D eigenvalue weighted by molar-refractivity contribution is 8.00. The quantitative estimate of drug-likeness (QED) is 0.517. The zero-order valence-corrected chi connectivity index (χ0v) is 15.2. The van der Waals surface area contributed by atoms with E-state index in [0.717, 1.165) is 25.1 Å². The summed E-state index contributed by atoms with van der Waals surface area (Å²) >= 11 is 1.29. The molecule has 0 bridgehead atoms. The van der Waals surface area contributed by atoms with Crippen LogP contribution in [0.15, 0.2) is 23.5 Å². The number of nitrogens with zero attached hydrogens (tertiary/aromatic N) is 5. The topological polar surface area (TPSA) is 97.6 Å². The molecule has 0 saturated heterocycles. The van der Waals surface area contributed by atoms with Crippen LogP contribution in [0.3, 0.4) is 0 Å². The molecule has 12 heteroatoms. The van der Waals surface area contributed by atoms with Crippen molar-refractivity contribution in [1.82, 2.24) is 30.5 Å². The average Bonchev–Trinajstić information content (AvgIpc) is 3.37. The summed E-state index contributed by atoms with van der Waals surface area (Å²) < 4.78 is 39.2. The van der Waals surface area contributed by atoms with Gasteiger partial charge in [0.2, 0.25) is 11.1 Å². The first-order chi connectivity index (χ1) is 12.8. The third-order valence-corrected chi connectivity index (χ3v) is 4.88. The Morgan fingerprint density at radius 3 is 2.78 bits per heavy atom. The highest BCUT2D eigenvalue weighted by Gasteiger charge is 2.31. The molecule has 0 aromatic carbocycles. The molecule has 2 aromatic heterocycles. The van der Waals surface area contributed by atoms with Gasteiger partial charge in [-0.1, -0.05) is 11.8 Å². The minimum Gasteiger partial charge on any atom is -0.368 e. The molecule has 1 atom stereocenters. The number of thioether (sulfide) groups is 1. The number of carbonyl (C=O) groups is 1. The molecular weight excluding hydrogens is 383 g/mol. The first kappa shape index (κ1) is 19.4. The molecule has 0 aliphatic heterocycles. The van der Waals surface area contributed by atoms with E-state index in [4.69, 9.17) is 0 Å². The number of aromatic nitrogens is 5. The maximum atomic E-state index is 12.5. The van der Waals surface area contributed by atoms with Crippen LogP contribution in [0.5, 0.6) is 0 Å². The molecule has 0 radical (unpaired) electrons. The van der Waals surface area contributed by atoms with Gasteiger partial charge < -0.3 is 10.6 Å². The molecule has 1 saturated carbocycles. The molecule has 27 heavy (non-hydrogen) atoms. The fraction of sp³-hybridized carbons (Fsp3) is 0.533. The number of nitrogens with one attached hydrogen (secondary N) is 2. The number of hydrogen-bond acceptors (Lipinski definition) is 7. The Morgan fingerprint density at radius 1 is 1.37 bits per heavy atom. The number of alkyl halides is 3. The Kier molecular flexibility index (Phi) is 5.82. The molecule has 0 spiro atoms. The van der Waals surface area contributed by atoms with Gasteiger partial charge in [-0.2, -0.15) is 13.2 Å². The second-order valence-electron chi connectivity index (χ2n) is 6.04. The minimum atomic E-state index is -4.41. The number of pyridine rings is 1. The van der Waals surface area contributed by atoms with Gasteiger partial charge in [-0.25, -0.2) is 9.67 Å². The Morgan fingerprint density at radius 2 is 2.15 bits per heavy atom. The third kappa shape index (κ3) is 5.31. The SMILES string of the molecule is CC(Sc1nnnn1C1CC1)C(=O)NCCNc1ccc(C(F)(F)F)cn1. The summed E-state index contributed by atoms with van der Waals surface area (Å²) in [4.78, 5) is 15.9. The molecule has 2 N–H and O–H groups in total. The van der Waals surface area contributed by atoms with Gasteiger partial charge in [0.15, 0.2) is 0 Å². The van der Waals surface area contributed by atoms with Crippen LogP contribution in [0.25, 0.3) is 0 Å². The predicted octanol–water partition coefficient (Wildman–Crippen LogP) is 2.13. The van der Waals surface area contributed by atoms with Crippen molar-refractivity contribution >= 4 is 23.5 Å². The van der Waals surface area contributed by atoms with Gasteiger partial charge in [0, 0.05) is 19.3 Å². The number of carbonyl (C=O) groups excluding carboxylic acids is 1. The van der Waals surface area contributed by atoms with Gasteiger partial charge in [0.1, 0.15) is 5.82 Å². The summed E-state index contributed by atoms with van der Waals surface area (Å²) in [6.07, 6.45) is -1.55. The van der Waals surface area contributed by atoms with Crippen LogP contribution in [0.4, 0.5) is 19.0 Å². The normalized spacial score (nSPS) is 15.4. The van der Waals surface area contributed by atoms with Gasteiger partial charge in [-0.05, 0) is 42.3 Å². The summed E-state index contributed by atoms with van der Waals surface area (Å²) in [6.45, 7) is 2.40. The number of amides is 1. The van der Waals surface area contributed by atoms with E-state index in [0.29, 0.717) is 30.1 Å².